The summed E-state index contributed by atoms with van der Waals surface area (Å²) in [5.74, 6) is 0.763. The van der Waals surface area contributed by atoms with Gasteiger partial charge in [-0.2, -0.15) is 0 Å². The number of nitrogens with one attached hydrogen (secondary N) is 1. The molecule has 1 saturated heterocycles. The van der Waals surface area contributed by atoms with Crippen molar-refractivity contribution >= 4 is 42.1 Å². The second-order valence-electron chi connectivity index (χ2n) is 7.21. The van der Waals surface area contributed by atoms with Crippen LogP contribution in [0.3, 0.4) is 0 Å². The highest BCUT2D eigenvalue weighted by Gasteiger charge is 2.24. The van der Waals surface area contributed by atoms with E-state index < -0.39 is 5.60 Å². The third-order valence-corrected chi connectivity index (χ3v) is 4.02. The van der Waals surface area contributed by atoms with Crippen LogP contribution in [0.4, 0.5) is 9.59 Å². The Morgan fingerprint density at radius 1 is 1.11 bits per heavy atom. The minimum Gasteiger partial charge on any atom is -0.450 e. The summed E-state index contributed by atoms with van der Waals surface area (Å²) >= 11 is 0. The van der Waals surface area contributed by atoms with E-state index in [1.165, 1.54) is 0 Å². The van der Waals surface area contributed by atoms with Crippen molar-refractivity contribution in [1.82, 2.24) is 20.0 Å². The lowest BCUT2D eigenvalue weighted by molar-refractivity contribution is 0.0263. The summed E-state index contributed by atoms with van der Waals surface area (Å²) in [6, 6.07) is 0. The van der Waals surface area contributed by atoms with Crippen LogP contribution in [-0.2, 0) is 9.47 Å². The molecule has 9 nitrogen and oxygen atoms in total. The number of hydrogen-bond donors (Lipinski definition) is 1. The van der Waals surface area contributed by atoms with Crippen LogP contribution in [0.25, 0.3) is 0 Å². The molecule has 1 rings (SSSR count). The van der Waals surface area contributed by atoms with Crippen molar-refractivity contribution in [2.75, 3.05) is 59.5 Å². The lowest BCUT2D eigenvalue weighted by atomic mass is 10.2. The molecule has 1 N–H and O–H groups in total. The topological polar surface area (TPSA) is 86.7 Å². The third-order valence-electron chi connectivity index (χ3n) is 4.02. The summed E-state index contributed by atoms with van der Waals surface area (Å²) in [4.78, 5) is 33.7. The van der Waals surface area contributed by atoms with Gasteiger partial charge in [0.15, 0.2) is 5.96 Å². The molecular weight excluding hydrogens is 477 g/mol. The molecule has 0 aromatic carbocycles. The number of nitrogens with zero attached hydrogens (tertiary/aromatic N) is 4. The molecule has 164 valence electrons. The largest absolute Gasteiger partial charge is 0.450 e. The number of amides is 2. The summed E-state index contributed by atoms with van der Waals surface area (Å²) < 4.78 is 10.5. The number of likely N-dealkylation sites (N-methyl/N-ethyl adjacent to an activating group) is 1. The van der Waals surface area contributed by atoms with Crippen LogP contribution < -0.4 is 5.32 Å². The predicted octanol–water partition coefficient (Wildman–Crippen LogP) is 2.21. The average Bonchev–Trinajstić information content (AvgIpc) is 2.61. The van der Waals surface area contributed by atoms with Gasteiger partial charge in [0.25, 0.3) is 0 Å². The van der Waals surface area contributed by atoms with E-state index in [1.807, 2.05) is 27.7 Å². The van der Waals surface area contributed by atoms with E-state index in [1.54, 1.807) is 23.8 Å². The lowest BCUT2D eigenvalue weighted by Crippen LogP contribution is -2.54. The number of ether oxygens (including phenoxy) is 2. The Bertz CT molecular complexity index is 517. The molecule has 1 fully saturated rings. The second-order valence-corrected chi connectivity index (χ2v) is 7.21. The fourth-order valence-electron chi connectivity index (χ4n) is 2.66. The molecule has 1 heterocycles. The van der Waals surface area contributed by atoms with Gasteiger partial charge in [-0.25, -0.2) is 9.59 Å². The molecule has 2 amide bonds. The number of carbonyl (C=O) groups is 2. The molecule has 0 unspecified atom stereocenters. The van der Waals surface area contributed by atoms with Gasteiger partial charge in [-0.3, -0.25) is 4.99 Å². The van der Waals surface area contributed by atoms with Crippen molar-refractivity contribution in [3.05, 3.63) is 0 Å². The van der Waals surface area contributed by atoms with Gasteiger partial charge >= 0.3 is 12.2 Å². The van der Waals surface area contributed by atoms with E-state index in [2.05, 4.69) is 15.2 Å². The minimum absolute atomic E-state index is 0. The molecular formula is C18H36IN5O4. The van der Waals surface area contributed by atoms with Gasteiger partial charge in [0.05, 0.1) is 6.61 Å². The Balaban J connectivity index is 0.00000729. The van der Waals surface area contributed by atoms with Crippen molar-refractivity contribution in [2.45, 2.75) is 40.2 Å². The van der Waals surface area contributed by atoms with Gasteiger partial charge in [-0.15, -0.1) is 24.0 Å². The van der Waals surface area contributed by atoms with E-state index in [-0.39, 0.29) is 36.2 Å². The van der Waals surface area contributed by atoms with Crippen LogP contribution in [0.2, 0.25) is 0 Å². The first-order chi connectivity index (χ1) is 12.7. The summed E-state index contributed by atoms with van der Waals surface area (Å²) in [5.41, 5.74) is -0.507. The maximum atomic E-state index is 12.2. The van der Waals surface area contributed by atoms with E-state index >= 15 is 0 Å². The zero-order chi connectivity index (χ0) is 20.4. The van der Waals surface area contributed by atoms with Gasteiger partial charge in [-0.05, 0) is 34.6 Å². The van der Waals surface area contributed by atoms with Gasteiger partial charge in [0.2, 0.25) is 0 Å². The Hall–Kier alpha value is -1.46. The van der Waals surface area contributed by atoms with Crippen LogP contribution >= 0.6 is 24.0 Å². The zero-order valence-corrected chi connectivity index (χ0v) is 20.3. The molecule has 0 radical (unpaired) electrons. The first-order valence-electron chi connectivity index (χ1n) is 9.57. The van der Waals surface area contributed by atoms with Gasteiger partial charge < -0.3 is 29.5 Å². The van der Waals surface area contributed by atoms with E-state index in [0.29, 0.717) is 52.4 Å². The molecule has 0 aromatic rings. The van der Waals surface area contributed by atoms with Crippen LogP contribution in [0.5, 0.6) is 0 Å². The molecule has 1 aliphatic heterocycles. The smallest absolute Gasteiger partial charge is 0.410 e. The average molecular weight is 513 g/mol. The number of carbonyl (C=O) groups excluding carboxylic acids is 2. The summed E-state index contributed by atoms with van der Waals surface area (Å²) in [6.07, 6.45) is -0.583. The second kappa shape index (κ2) is 12.9. The highest BCUT2D eigenvalue weighted by atomic mass is 127. The fraction of sp³-hybridized carbons (Fsp3) is 0.833. The van der Waals surface area contributed by atoms with E-state index in [9.17, 15) is 9.59 Å². The summed E-state index contributed by atoms with van der Waals surface area (Å²) in [6.45, 7) is 13.9. The Kier molecular flexibility index (Phi) is 12.2. The standard InChI is InChI=1S/C18H35N5O4.HI/c1-7-21(17(25)27-18(3,4)5)10-9-20-15(19-6)22-11-13-23(14-12-22)16(24)26-8-2;/h7-14H2,1-6H3,(H,19,20);1H. The number of guanidine groups is 1. The summed E-state index contributed by atoms with van der Waals surface area (Å²) in [5, 5.41) is 3.28. The number of hydrogen-bond acceptors (Lipinski definition) is 5. The van der Waals surface area contributed by atoms with E-state index in [4.69, 9.17) is 9.47 Å². The molecule has 10 heteroatoms. The monoisotopic (exact) mass is 513 g/mol. The third kappa shape index (κ3) is 9.16. The number of halogens is 1. The van der Waals surface area contributed by atoms with Crippen LogP contribution in [0, 0.1) is 0 Å². The number of piperazine rings is 1. The van der Waals surface area contributed by atoms with Gasteiger partial charge in [0.1, 0.15) is 5.60 Å². The minimum atomic E-state index is -0.507. The number of rotatable bonds is 5. The molecule has 0 aromatic heterocycles. The highest BCUT2D eigenvalue weighted by Crippen LogP contribution is 2.09. The van der Waals surface area contributed by atoms with Crippen LogP contribution in [0.15, 0.2) is 4.99 Å². The lowest BCUT2D eigenvalue weighted by Gasteiger charge is -2.36. The zero-order valence-electron chi connectivity index (χ0n) is 18.0. The molecule has 0 saturated carbocycles. The fourth-order valence-corrected chi connectivity index (χ4v) is 2.66. The predicted molar refractivity (Wildman–Crippen MR) is 120 cm³/mol. The maximum Gasteiger partial charge on any atom is 0.410 e. The van der Waals surface area contributed by atoms with Crippen molar-refractivity contribution in [2.24, 2.45) is 4.99 Å². The number of aliphatic imine (C=N–C) groups is 1. The molecule has 0 spiro atoms. The molecule has 28 heavy (non-hydrogen) atoms. The molecule has 0 atom stereocenters. The van der Waals surface area contributed by atoms with Gasteiger partial charge in [-0.1, -0.05) is 0 Å². The quantitative estimate of drug-likeness (QED) is 0.345. The Labute approximate surface area is 185 Å². The van der Waals surface area contributed by atoms with Crippen LogP contribution in [0.1, 0.15) is 34.6 Å². The van der Waals surface area contributed by atoms with E-state index in [0.717, 1.165) is 5.96 Å². The Morgan fingerprint density at radius 3 is 2.14 bits per heavy atom. The highest BCUT2D eigenvalue weighted by molar-refractivity contribution is 14.0. The molecule has 0 bridgehead atoms. The van der Waals surface area contributed by atoms with Crippen molar-refractivity contribution in [3.8, 4) is 0 Å². The van der Waals surface area contributed by atoms with Crippen LogP contribution in [-0.4, -0.2) is 97.9 Å². The van der Waals surface area contributed by atoms with Gasteiger partial charge in [0, 0.05) is 52.9 Å². The first-order valence-corrected chi connectivity index (χ1v) is 9.57. The SMILES string of the molecule is CCOC(=O)N1CCN(C(=NC)NCCN(CC)C(=O)OC(C)(C)C)CC1.I. The Morgan fingerprint density at radius 2 is 1.68 bits per heavy atom. The normalized spacial score (nSPS) is 14.9. The summed E-state index contributed by atoms with van der Waals surface area (Å²) in [7, 11) is 1.73. The maximum absolute atomic E-state index is 12.2. The van der Waals surface area contributed by atoms with Crippen molar-refractivity contribution in [3.63, 3.8) is 0 Å². The van der Waals surface area contributed by atoms with Crippen molar-refractivity contribution in [1.29, 1.82) is 0 Å². The first kappa shape index (κ1) is 26.5. The van der Waals surface area contributed by atoms with Crippen molar-refractivity contribution < 1.29 is 19.1 Å². The molecule has 0 aliphatic carbocycles. The molecule has 1 aliphatic rings.